The van der Waals surface area contributed by atoms with Gasteiger partial charge in [-0.3, -0.25) is 0 Å². The van der Waals surface area contributed by atoms with Crippen molar-refractivity contribution in [3.8, 4) is 11.5 Å². The molecule has 0 spiro atoms. The highest BCUT2D eigenvalue weighted by atomic mass is 35.5. The number of benzene rings is 3. The number of halogens is 1. The second-order valence-corrected chi connectivity index (χ2v) is 9.65. The van der Waals surface area contributed by atoms with Crippen LogP contribution in [0.5, 0.6) is 11.5 Å². The van der Waals surface area contributed by atoms with Gasteiger partial charge in [0.25, 0.3) is 10.0 Å². The van der Waals surface area contributed by atoms with E-state index in [0.29, 0.717) is 39.8 Å². The maximum absolute atomic E-state index is 13.6. The Kier molecular flexibility index (Phi) is 6.13. The fraction of sp³-hybridized carbons (Fsp3) is 0.208. The van der Waals surface area contributed by atoms with E-state index < -0.39 is 16.1 Å². The maximum Gasteiger partial charge on any atom is 0.279 e. The lowest BCUT2D eigenvalue weighted by atomic mass is 9.98. The van der Waals surface area contributed by atoms with Crippen LogP contribution in [0.1, 0.15) is 29.2 Å². The molecule has 1 aliphatic rings. The third-order valence-electron chi connectivity index (χ3n) is 5.42. The lowest BCUT2D eigenvalue weighted by Crippen LogP contribution is -2.27. The molecule has 3 aromatic carbocycles. The number of hydrogen-bond acceptors (Lipinski definition) is 5. The second-order valence-electron chi connectivity index (χ2n) is 7.44. The predicted octanol–water partition coefficient (Wildman–Crippen LogP) is 5.21. The zero-order valence-corrected chi connectivity index (χ0v) is 19.5. The maximum atomic E-state index is 13.6. The third kappa shape index (κ3) is 4.06. The average molecular weight is 471 g/mol. The van der Waals surface area contributed by atoms with E-state index in [9.17, 15) is 8.42 Å². The second kappa shape index (κ2) is 8.84. The van der Waals surface area contributed by atoms with Gasteiger partial charge in [0.1, 0.15) is 11.5 Å². The van der Waals surface area contributed by atoms with Gasteiger partial charge in [0.05, 0.1) is 30.9 Å². The summed E-state index contributed by atoms with van der Waals surface area (Å²) in [6, 6.07) is 18.7. The first-order valence-electron chi connectivity index (χ1n) is 10.0. The van der Waals surface area contributed by atoms with Crippen LogP contribution in [0.25, 0.3) is 0 Å². The van der Waals surface area contributed by atoms with E-state index in [1.54, 1.807) is 56.7 Å². The van der Waals surface area contributed by atoms with E-state index in [0.717, 1.165) is 9.98 Å². The monoisotopic (exact) mass is 470 g/mol. The summed E-state index contributed by atoms with van der Waals surface area (Å²) in [5.74, 6) is 1.19. The molecule has 6 nitrogen and oxygen atoms in total. The van der Waals surface area contributed by atoms with Gasteiger partial charge in [0.15, 0.2) is 0 Å². The minimum absolute atomic E-state index is 0.173. The van der Waals surface area contributed by atoms with Gasteiger partial charge < -0.3 is 9.47 Å². The molecule has 0 N–H and O–H groups in total. The molecule has 0 aliphatic carbocycles. The molecule has 166 valence electrons. The predicted molar refractivity (Wildman–Crippen MR) is 125 cm³/mol. The van der Waals surface area contributed by atoms with Crippen molar-refractivity contribution in [2.24, 2.45) is 5.10 Å². The van der Waals surface area contributed by atoms with Gasteiger partial charge >= 0.3 is 0 Å². The fourth-order valence-electron chi connectivity index (χ4n) is 3.71. The van der Waals surface area contributed by atoms with Crippen LogP contribution in [0.2, 0.25) is 5.02 Å². The molecule has 0 fully saturated rings. The third-order valence-corrected chi connectivity index (χ3v) is 7.46. The van der Waals surface area contributed by atoms with E-state index in [2.05, 4.69) is 5.10 Å². The molecule has 0 bridgehead atoms. The Bertz CT molecular complexity index is 1270. The topological polar surface area (TPSA) is 68.2 Å². The van der Waals surface area contributed by atoms with Crippen molar-refractivity contribution in [1.29, 1.82) is 0 Å². The van der Waals surface area contributed by atoms with Gasteiger partial charge in [0.2, 0.25) is 0 Å². The average Bonchev–Trinajstić information content (AvgIpc) is 3.25. The quantitative estimate of drug-likeness (QED) is 0.496. The van der Waals surface area contributed by atoms with Crippen LogP contribution in [-0.4, -0.2) is 32.8 Å². The van der Waals surface area contributed by atoms with Crippen molar-refractivity contribution in [3.05, 3.63) is 88.4 Å². The fourth-order valence-corrected chi connectivity index (χ4v) is 5.39. The minimum atomic E-state index is -3.92. The molecule has 0 saturated carbocycles. The first-order valence-corrected chi connectivity index (χ1v) is 11.8. The van der Waals surface area contributed by atoms with Gasteiger partial charge in [-0.25, -0.2) is 0 Å². The summed E-state index contributed by atoms with van der Waals surface area (Å²) in [4.78, 5) is 0.173. The molecular formula is C24H23ClN2O4S. The first-order chi connectivity index (χ1) is 15.3. The molecule has 0 amide bonds. The zero-order chi connectivity index (χ0) is 22.9. The van der Waals surface area contributed by atoms with Gasteiger partial charge in [-0.2, -0.15) is 17.9 Å². The molecule has 1 aliphatic heterocycles. The molecule has 1 atom stereocenters. The largest absolute Gasteiger partial charge is 0.497 e. The van der Waals surface area contributed by atoms with Crippen LogP contribution in [0.3, 0.4) is 0 Å². The van der Waals surface area contributed by atoms with Crippen molar-refractivity contribution in [2.75, 3.05) is 14.2 Å². The molecule has 1 unspecified atom stereocenters. The Balaban J connectivity index is 1.84. The normalized spacial score (nSPS) is 16.1. The zero-order valence-electron chi connectivity index (χ0n) is 17.9. The van der Waals surface area contributed by atoms with Crippen LogP contribution >= 0.6 is 11.6 Å². The van der Waals surface area contributed by atoms with E-state index in [1.807, 2.05) is 31.2 Å². The summed E-state index contributed by atoms with van der Waals surface area (Å²) in [7, 11) is -0.791. The molecule has 4 rings (SSSR count). The minimum Gasteiger partial charge on any atom is -0.497 e. The first kappa shape index (κ1) is 22.2. The number of sulfonamides is 1. The van der Waals surface area contributed by atoms with Gasteiger partial charge in [-0.1, -0.05) is 47.5 Å². The van der Waals surface area contributed by atoms with Crippen LogP contribution in [0.15, 0.2) is 76.7 Å². The molecule has 32 heavy (non-hydrogen) atoms. The molecule has 3 aromatic rings. The smallest absolute Gasteiger partial charge is 0.279 e. The molecule has 0 radical (unpaired) electrons. The van der Waals surface area contributed by atoms with E-state index in [-0.39, 0.29) is 4.90 Å². The van der Waals surface area contributed by atoms with Crippen LogP contribution in [-0.2, 0) is 10.0 Å². The number of rotatable bonds is 6. The standard InChI is InChI=1S/C24H23ClN2O4S/c1-16-8-11-18(12-9-16)32(28,29)27-23(19-6-4-5-7-21(19)25)15-22(26-27)20-13-10-17(30-2)14-24(20)31-3/h4-14,23H,15H2,1-3H3. The van der Waals surface area contributed by atoms with Crippen LogP contribution in [0, 0.1) is 6.92 Å². The van der Waals surface area contributed by atoms with Crippen molar-refractivity contribution < 1.29 is 17.9 Å². The SMILES string of the molecule is COc1ccc(C2=NN(S(=O)(=O)c3ccc(C)cc3)C(c3ccccc3Cl)C2)c(OC)c1. The van der Waals surface area contributed by atoms with Crippen LogP contribution < -0.4 is 9.47 Å². The van der Waals surface area contributed by atoms with Crippen molar-refractivity contribution in [2.45, 2.75) is 24.3 Å². The summed E-state index contributed by atoms with van der Waals surface area (Å²) >= 11 is 6.46. The number of nitrogens with zero attached hydrogens (tertiary/aromatic N) is 2. The number of ether oxygens (including phenoxy) is 2. The summed E-state index contributed by atoms with van der Waals surface area (Å²) < 4.78 is 39.2. The van der Waals surface area contributed by atoms with Crippen LogP contribution in [0.4, 0.5) is 0 Å². The Morgan fingerprint density at radius 2 is 1.72 bits per heavy atom. The van der Waals surface area contributed by atoms with Gasteiger partial charge in [-0.05, 0) is 42.8 Å². The van der Waals surface area contributed by atoms with E-state index >= 15 is 0 Å². The van der Waals surface area contributed by atoms with Gasteiger partial charge in [-0.15, -0.1) is 0 Å². The summed E-state index contributed by atoms with van der Waals surface area (Å²) in [5, 5.41) is 5.06. The Morgan fingerprint density at radius 3 is 2.38 bits per heavy atom. The molecular weight excluding hydrogens is 448 g/mol. The number of hydrazone groups is 1. The molecule has 1 heterocycles. The number of aryl methyl sites for hydroxylation is 1. The van der Waals surface area contributed by atoms with Crippen molar-refractivity contribution >= 4 is 27.3 Å². The molecule has 0 aromatic heterocycles. The molecule has 0 saturated heterocycles. The summed E-state index contributed by atoms with van der Waals surface area (Å²) in [5.41, 5.74) is 2.95. The highest BCUT2D eigenvalue weighted by Crippen LogP contribution is 2.41. The lowest BCUT2D eigenvalue weighted by Gasteiger charge is -2.24. The highest BCUT2D eigenvalue weighted by Gasteiger charge is 2.39. The number of hydrogen-bond donors (Lipinski definition) is 0. The lowest BCUT2D eigenvalue weighted by molar-refractivity contribution is 0.371. The summed E-state index contributed by atoms with van der Waals surface area (Å²) in [6.45, 7) is 1.91. The molecule has 8 heteroatoms. The Labute approximate surface area is 193 Å². The summed E-state index contributed by atoms with van der Waals surface area (Å²) in [6.07, 6.45) is 0.345. The highest BCUT2D eigenvalue weighted by molar-refractivity contribution is 7.89. The van der Waals surface area contributed by atoms with Gasteiger partial charge in [0, 0.05) is 23.1 Å². The van der Waals surface area contributed by atoms with Crippen molar-refractivity contribution in [1.82, 2.24) is 4.41 Å². The Hall–Kier alpha value is -3.03. The van der Waals surface area contributed by atoms with E-state index in [4.69, 9.17) is 21.1 Å². The Morgan fingerprint density at radius 1 is 1.00 bits per heavy atom. The van der Waals surface area contributed by atoms with E-state index in [1.165, 1.54) is 0 Å². The number of methoxy groups -OCH3 is 2. The van der Waals surface area contributed by atoms with Crippen molar-refractivity contribution in [3.63, 3.8) is 0 Å².